The first kappa shape index (κ1) is 25.1. The van der Waals surface area contributed by atoms with Gasteiger partial charge in [0.1, 0.15) is 11.6 Å². The topological polar surface area (TPSA) is 88.9 Å². The van der Waals surface area contributed by atoms with Crippen LogP contribution in [0.1, 0.15) is 68.4 Å². The molecule has 5 rings (SSSR count). The number of nitrogens with zero attached hydrogens (tertiary/aromatic N) is 5. The van der Waals surface area contributed by atoms with Crippen LogP contribution in [0.25, 0.3) is 10.9 Å². The van der Waals surface area contributed by atoms with E-state index in [0.717, 1.165) is 47.3 Å². The zero-order valence-corrected chi connectivity index (χ0v) is 21.4. The van der Waals surface area contributed by atoms with Crippen molar-refractivity contribution in [1.82, 2.24) is 30.1 Å². The minimum absolute atomic E-state index is 0.0704. The van der Waals surface area contributed by atoms with Gasteiger partial charge in [0.15, 0.2) is 5.82 Å². The number of tetrazole rings is 1. The van der Waals surface area contributed by atoms with Crippen molar-refractivity contribution < 1.29 is 9.13 Å². The van der Waals surface area contributed by atoms with Gasteiger partial charge in [-0.1, -0.05) is 38.3 Å². The molecule has 1 saturated carbocycles. The van der Waals surface area contributed by atoms with Gasteiger partial charge in [-0.3, -0.25) is 9.69 Å². The molecule has 194 valence electrons. The summed E-state index contributed by atoms with van der Waals surface area (Å²) in [6, 6.07) is 14.3. The lowest BCUT2D eigenvalue weighted by Gasteiger charge is -2.39. The third-order valence-corrected chi connectivity index (χ3v) is 7.42. The Hall–Kier alpha value is -3.59. The quantitative estimate of drug-likeness (QED) is 0.345. The highest BCUT2D eigenvalue weighted by atomic mass is 19.1. The maximum atomic E-state index is 13.4. The Kier molecular flexibility index (Phi) is 7.60. The third kappa shape index (κ3) is 5.56. The smallest absolute Gasteiger partial charge is 0.252 e. The van der Waals surface area contributed by atoms with Gasteiger partial charge in [-0.15, -0.1) is 5.10 Å². The van der Waals surface area contributed by atoms with Crippen molar-refractivity contribution in [3.8, 4) is 5.75 Å². The van der Waals surface area contributed by atoms with E-state index in [9.17, 15) is 9.18 Å². The summed E-state index contributed by atoms with van der Waals surface area (Å²) in [6.07, 6.45) is 6.52. The molecular formula is C28H33FN6O2. The Morgan fingerprint density at radius 2 is 1.92 bits per heavy atom. The van der Waals surface area contributed by atoms with Crippen molar-refractivity contribution >= 4 is 10.9 Å². The second-order valence-electron chi connectivity index (χ2n) is 9.79. The van der Waals surface area contributed by atoms with Gasteiger partial charge in [0, 0.05) is 29.1 Å². The number of benzene rings is 2. The monoisotopic (exact) mass is 504 g/mol. The number of methoxy groups -OCH3 is 1. The molecule has 2 heterocycles. The lowest BCUT2D eigenvalue weighted by Crippen LogP contribution is -2.41. The number of hydrogen-bond donors (Lipinski definition) is 1. The maximum Gasteiger partial charge on any atom is 0.252 e. The number of ether oxygens (including phenoxy) is 1. The van der Waals surface area contributed by atoms with Crippen molar-refractivity contribution in [2.75, 3.05) is 7.11 Å². The van der Waals surface area contributed by atoms with Crippen LogP contribution in [-0.4, -0.2) is 43.2 Å². The Morgan fingerprint density at radius 1 is 1.14 bits per heavy atom. The molecule has 1 N–H and O–H groups in total. The second-order valence-corrected chi connectivity index (χ2v) is 9.79. The molecule has 1 atom stereocenters. The van der Waals surface area contributed by atoms with Crippen LogP contribution in [0.3, 0.4) is 0 Å². The molecule has 8 nitrogen and oxygen atoms in total. The van der Waals surface area contributed by atoms with E-state index in [4.69, 9.17) is 4.74 Å². The largest absolute Gasteiger partial charge is 0.497 e. The molecule has 0 bridgehead atoms. The molecule has 0 aliphatic heterocycles. The Bertz CT molecular complexity index is 1390. The minimum Gasteiger partial charge on any atom is -0.497 e. The molecule has 1 aliphatic rings. The normalized spacial score (nSPS) is 15.4. The number of hydrogen-bond acceptors (Lipinski definition) is 6. The summed E-state index contributed by atoms with van der Waals surface area (Å²) in [4.78, 5) is 18.6. The standard InChI is InChI=1S/C28H33FN6O2/c1-3-26(27-31-32-33-35(27)17-19-9-11-22(29)12-10-19)34(23-7-5-4-6-8-23)18-21-15-20-16-24(37-2)13-14-25(20)30-28(21)36/h9-16,23,26H,3-8,17-18H2,1-2H3,(H,30,36)/t26-/m1/s1. The number of H-pyrrole nitrogens is 1. The number of pyridine rings is 1. The summed E-state index contributed by atoms with van der Waals surface area (Å²) < 4.78 is 20.6. The van der Waals surface area contributed by atoms with Gasteiger partial charge in [-0.2, -0.15) is 0 Å². The summed E-state index contributed by atoms with van der Waals surface area (Å²) in [5.74, 6) is 1.24. The number of fused-ring (bicyclic) bond motifs is 1. The molecule has 37 heavy (non-hydrogen) atoms. The molecule has 9 heteroatoms. The van der Waals surface area contributed by atoms with Crippen molar-refractivity contribution in [1.29, 1.82) is 0 Å². The van der Waals surface area contributed by atoms with E-state index in [1.165, 1.54) is 31.4 Å². The van der Waals surface area contributed by atoms with Gasteiger partial charge < -0.3 is 9.72 Å². The molecule has 0 amide bonds. The molecule has 4 aromatic rings. The fraction of sp³-hybridized carbons (Fsp3) is 0.429. The number of aromatic nitrogens is 5. The lowest BCUT2D eigenvalue weighted by atomic mass is 9.92. The third-order valence-electron chi connectivity index (χ3n) is 7.42. The summed E-state index contributed by atoms with van der Waals surface area (Å²) in [7, 11) is 1.64. The molecule has 2 aromatic carbocycles. The fourth-order valence-corrected chi connectivity index (χ4v) is 5.47. The molecule has 1 aliphatic carbocycles. The molecule has 0 unspecified atom stereocenters. The average molecular weight is 505 g/mol. The number of aromatic amines is 1. The van der Waals surface area contributed by atoms with Crippen LogP contribution in [0.15, 0.2) is 53.3 Å². The lowest BCUT2D eigenvalue weighted by molar-refractivity contribution is 0.0844. The van der Waals surface area contributed by atoms with Crippen LogP contribution >= 0.6 is 0 Å². The van der Waals surface area contributed by atoms with Crippen molar-refractivity contribution in [3.05, 3.63) is 81.7 Å². The average Bonchev–Trinajstić information content (AvgIpc) is 3.38. The van der Waals surface area contributed by atoms with Gasteiger partial charge in [0.2, 0.25) is 0 Å². The van der Waals surface area contributed by atoms with Gasteiger partial charge in [-0.05, 0) is 71.7 Å². The van der Waals surface area contributed by atoms with E-state index in [1.54, 1.807) is 23.9 Å². The molecular weight excluding hydrogens is 471 g/mol. The first-order chi connectivity index (χ1) is 18.1. The van der Waals surface area contributed by atoms with Gasteiger partial charge in [0.25, 0.3) is 5.56 Å². The number of rotatable bonds is 9. The Balaban J connectivity index is 1.50. The molecule has 1 fully saturated rings. The Morgan fingerprint density at radius 3 is 2.65 bits per heavy atom. The van der Waals surface area contributed by atoms with Crippen LogP contribution in [-0.2, 0) is 13.1 Å². The summed E-state index contributed by atoms with van der Waals surface area (Å²) in [5, 5.41) is 13.6. The van der Waals surface area contributed by atoms with E-state index >= 15 is 0 Å². The van der Waals surface area contributed by atoms with Gasteiger partial charge in [-0.25, -0.2) is 9.07 Å². The van der Waals surface area contributed by atoms with Crippen molar-refractivity contribution in [2.45, 2.75) is 70.6 Å². The number of halogens is 1. The van der Waals surface area contributed by atoms with E-state index in [2.05, 4.69) is 32.3 Å². The SMILES string of the molecule is CC[C@H](c1nnnn1Cc1ccc(F)cc1)N(Cc1cc2cc(OC)ccc2[nH]c1=O)C1CCCCC1. The molecule has 0 radical (unpaired) electrons. The van der Waals surface area contributed by atoms with Crippen LogP contribution in [0, 0.1) is 5.82 Å². The molecule has 2 aromatic heterocycles. The van der Waals surface area contributed by atoms with Crippen molar-refractivity contribution in [2.24, 2.45) is 0 Å². The number of nitrogens with one attached hydrogen (secondary N) is 1. The molecule has 0 saturated heterocycles. The predicted octanol–water partition coefficient (Wildman–Crippen LogP) is 5.00. The van der Waals surface area contributed by atoms with Crippen molar-refractivity contribution in [3.63, 3.8) is 0 Å². The zero-order valence-electron chi connectivity index (χ0n) is 21.4. The predicted molar refractivity (Wildman–Crippen MR) is 140 cm³/mol. The van der Waals surface area contributed by atoms with Crippen LogP contribution in [0.5, 0.6) is 5.75 Å². The van der Waals surface area contributed by atoms with Gasteiger partial charge >= 0.3 is 0 Å². The molecule has 0 spiro atoms. The van der Waals surface area contributed by atoms with E-state index in [-0.39, 0.29) is 17.4 Å². The summed E-state index contributed by atoms with van der Waals surface area (Å²) in [6.45, 7) is 3.08. The first-order valence-corrected chi connectivity index (χ1v) is 13.0. The second kappa shape index (κ2) is 11.2. The van der Waals surface area contributed by atoms with Gasteiger partial charge in [0.05, 0.1) is 19.7 Å². The maximum absolute atomic E-state index is 13.4. The first-order valence-electron chi connectivity index (χ1n) is 13.0. The minimum atomic E-state index is -0.270. The van der Waals surface area contributed by atoms with Crippen LogP contribution < -0.4 is 10.3 Å². The van der Waals surface area contributed by atoms with E-state index < -0.39 is 0 Å². The highest BCUT2D eigenvalue weighted by molar-refractivity contribution is 5.80. The Labute approximate surface area is 215 Å². The van der Waals surface area contributed by atoms with E-state index in [0.29, 0.717) is 24.7 Å². The zero-order chi connectivity index (χ0) is 25.8. The van der Waals surface area contributed by atoms with Crippen LogP contribution in [0.4, 0.5) is 4.39 Å². The van der Waals surface area contributed by atoms with E-state index in [1.807, 2.05) is 24.3 Å². The summed E-state index contributed by atoms with van der Waals surface area (Å²) >= 11 is 0. The fourth-order valence-electron chi connectivity index (χ4n) is 5.47. The highest BCUT2D eigenvalue weighted by Crippen LogP contribution is 2.33. The highest BCUT2D eigenvalue weighted by Gasteiger charge is 2.32. The van der Waals surface area contributed by atoms with Crippen LogP contribution in [0.2, 0.25) is 0 Å². The summed E-state index contributed by atoms with van der Waals surface area (Å²) in [5.41, 5.74) is 2.34.